The monoisotopic (exact) mass is 315 g/mol. The Balaban J connectivity index is 2.14. The predicted molar refractivity (Wildman–Crippen MR) is 81.0 cm³/mol. The first kappa shape index (κ1) is 16.2. The molecule has 0 aliphatic carbocycles. The van der Waals surface area contributed by atoms with Crippen molar-refractivity contribution in [2.24, 2.45) is 0 Å². The Hall–Kier alpha value is -1.18. The summed E-state index contributed by atoms with van der Waals surface area (Å²) in [5.41, 5.74) is 5.72. The van der Waals surface area contributed by atoms with E-state index in [1.54, 1.807) is 14.0 Å². The second-order valence-corrected chi connectivity index (χ2v) is 7.53. The van der Waals surface area contributed by atoms with Gasteiger partial charge in [-0.05, 0) is 50.6 Å². The Kier molecular flexibility index (Phi) is 4.85. The van der Waals surface area contributed by atoms with Crippen LogP contribution in [0.3, 0.4) is 0 Å². The van der Waals surface area contributed by atoms with E-state index in [1.807, 2.05) is 0 Å². The fourth-order valence-corrected chi connectivity index (χ4v) is 3.92. The Bertz CT molecular complexity index is 613. The minimum Gasteiger partial charge on any atom is -0.396 e. The third kappa shape index (κ3) is 3.53. The average molecular weight is 315 g/mol. The molecule has 0 spiro atoms. The van der Waals surface area contributed by atoms with Crippen LogP contribution in [0.4, 0.5) is 10.1 Å². The van der Waals surface area contributed by atoms with Gasteiger partial charge in [-0.25, -0.2) is 12.8 Å². The molecule has 0 radical (unpaired) electrons. The van der Waals surface area contributed by atoms with E-state index in [1.165, 1.54) is 23.2 Å². The van der Waals surface area contributed by atoms with Crippen molar-refractivity contribution in [1.82, 2.24) is 9.21 Å². The summed E-state index contributed by atoms with van der Waals surface area (Å²) >= 11 is 0. The fraction of sp³-hybridized carbons (Fsp3) is 0.571. The molecule has 0 unspecified atom stereocenters. The number of benzene rings is 1. The molecule has 1 aliphatic rings. The van der Waals surface area contributed by atoms with Gasteiger partial charge in [-0.1, -0.05) is 0 Å². The SMILES string of the molecule is Cc1cc(F)c(N)cc1S(=O)(=O)N(C)CCN1CCCC1. The molecule has 1 aliphatic heterocycles. The zero-order valence-electron chi connectivity index (χ0n) is 12.5. The number of nitrogen functional groups attached to an aromatic ring is 1. The maximum atomic E-state index is 13.4. The van der Waals surface area contributed by atoms with E-state index in [4.69, 9.17) is 5.73 Å². The van der Waals surface area contributed by atoms with Gasteiger partial charge in [0, 0.05) is 20.1 Å². The van der Waals surface area contributed by atoms with Crippen LogP contribution in [0.2, 0.25) is 0 Å². The van der Waals surface area contributed by atoms with E-state index in [9.17, 15) is 12.8 Å². The summed E-state index contributed by atoms with van der Waals surface area (Å²) in [4.78, 5) is 2.32. The lowest BCUT2D eigenvalue weighted by Gasteiger charge is -2.22. The third-order valence-corrected chi connectivity index (χ3v) is 5.91. The van der Waals surface area contributed by atoms with E-state index < -0.39 is 15.8 Å². The number of aryl methyl sites for hydroxylation is 1. The first-order valence-corrected chi connectivity index (χ1v) is 8.50. The van der Waals surface area contributed by atoms with Crippen LogP contribution < -0.4 is 5.73 Å². The summed E-state index contributed by atoms with van der Waals surface area (Å²) in [6.07, 6.45) is 2.34. The normalized spacial score (nSPS) is 16.8. The largest absolute Gasteiger partial charge is 0.396 e. The number of nitrogens with two attached hydrogens (primary N) is 1. The van der Waals surface area contributed by atoms with Crippen molar-refractivity contribution < 1.29 is 12.8 Å². The molecule has 1 aromatic rings. The first-order chi connectivity index (χ1) is 9.82. The van der Waals surface area contributed by atoms with E-state index in [2.05, 4.69) is 4.90 Å². The summed E-state index contributed by atoms with van der Waals surface area (Å²) in [6, 6.07) is 2.36. The molecule has 1 saturated heterocycles. The first-order valence-electron chi connectivity index (χ1n) is 7.06. The molecule has 2 rings (SSSR count). The molecule has 0 aromatic heterocycles. The molecule has 0 atom stereocenters. The molecule has 0 saturated carbocycles. The van der Waals surface area contributed by atoms with E-state index in [0.29, 0.717) is 18.7 Å². The van der Waals surface area contributed by atoms with Crippen molar-refractivity contribution >= 4 is 15.7 Å². The van der Waals surface area contributed by atoms with Crippen LogP contribution in [0.1, 0.15) is 18.4 Å². The molecule has 0 bridgehead atoms. The van der Waals surface area contributed by atoms with Crippen LogP contribution in [-0.4, -0.2) is 50.8 Å². The van der Waals surface area contributed by atoms with Gasteiger partial charge in [-0.3, -0.25) is 0 Å². The molecular weight excluding hydrogens is 293 g/mol. The molecule has 0 amide bonds. The Morgan fingerprint density at radius 1 is 1.33 bits per heavy atom. The van der Waals surface area contributed by atoms with Gasteiger partial charge in [0.15, 0.2) is 0 Å². The number of likely N-dealkylation sites (tertiary alicyclic amines) is 1. The van der Waals surface area contributed by atoms with E-state index in [0.717, 1.165) is 19.2 Å². The highest BCUT2D eigenvalue weighted by Crippen LogP contribution is 2.24. The molecule has 2 N–H and O–H groups in total. The Morgan fingerprint density at radius 2 is 1.95 bits per heavy atom. The molecule has 1 fully saturated rings. The number of hydrogen-bond donors (Lipinski definition) is 1. The van der Waals surface area contributed by atoms with Crippen molar-refractivity contribution in [3.63, 3.8) is 0 Å². The van der Waals surface area contributed by atoms with Crippen LogP contribution in [-0.2, 0) is 10.0 Å². The summed E-state index contributed by atoms with van der Waals surface area (Å²) in [6.45, 7) is 4.75. The average Bonchev–Trinajstić information content (AvgIpc) is 2.93. The predicted octanol–water partition coefficient (Wildman–Crippen LogP) is 1.43. The van der Waals surface area contributed by atoms with E-state index >= 15 is 0 Å². The second kappa shape index (κ2) is 6.29. The highest BCUT2D eigenvalue weighted by Gasteiger charge is 2.24. The topological polar surface area (TPSA) is 66.6 Å². The fourth-order valence-electron chi connectivity index (χ4n) is 2.52. The number of anilines is 1. The van der Waals surface area contributed by atoms with Gasteiger partial charge in [-0.2, -0.15) is 4.31 Å². The molecule has 118 valence electrons. The van der Waals surface area contributed by atoms with Crippen LogP contribution in [0.25, 0.3) is 0 Å². The lowest BCUT2D eigenvalue weighted by atomic mass is 10.2. The van der Waals surface area contributed by atoms with Crippen molar-refractivity contribution in [3.05, 3.63) is 23.5 Å². The van der Waals surface area contributed by atoms with Gasteiger partial charge < -0.3 is 10.6 Å². The summed E-state index contributed by atoms with van der Waals surface area (Å²) in [5.74, 6) is -0.592. The maximum absolute atomic E-state index is 13.4. The zero-order chi connectivity index (χ0) is 15.6. The van der Waals surface area contributed by atoms with Gasteiger partial charge in [0.05, 0.1) is 10.6 Å². The summed E-state index contributed by atoms with van der Waals surface area (Å²) < 4.78 is 39.8. The number of sulfonamides is 1. The molecular formula is C14H22FN3O2S. The molecule has 1 aromatic carbocycles. The summed E-state index contributed by atoms with van der Waals surface area (Å²) in [7, 11) is -2.09. The van der Waals surface area contributed by atoms with Gasteiger partial charge in [-0.15, -0.1) is 0 Å². The molecule has 21 heavy (non-hydrogen) atoms. The highest BCUT2D eigenvalue weighted by molar-refractivity contribution is 7.89. The number of hydrogen-bond acceptors (Lipinski definition) is 4. The Labute approximate surface area is 125 Å². The van der Waals surface area contributed by atoms with Crippen molar-refractivity contribution in [2.45, 2.75) is 24.7 Å². The number of nitrogens with zero attached hydrogens (tertiary/aromatic N) is 2. The van der Waals surface area contributed by atoms with Crippen LogP contribution >= 0.6 is 0 Å². The van der Waals surface area contributed by atoms with Gasteiger partial charge in [0.1, 0.15) is 5.82 Å². The standard InChI is InChI=1S/C14H22FN3O2S/c1-11-9-12(15)13(16)10-14(11)21(19,20)17(2)7-8-18-5-3-4-6-18/h9-10H,3-8,16H2,1-2H3. The van der Waals surface area contributed by atoms with Crippen molar-refractivity contribution in [3.8, 4) is 0 Å². The quantitative estimate of drug-likeness (QED) is 0.835. The smallest absolute Gasteiger partial charge is 0.243 e. The summed E-state index contributed by atoms with van der Waals surface area (Å²) in [5, 5.41) is 0. The number of rotatable bonds is 5. The minimum absolute atomic E-state index is 0.0744. The zero-order valence-corrected chi connectivity index (χ0v) is 13.3. The van der Waals surface area contributed by atoms with Crippen molar-refractivity contribution in [1.29, 1.82) is 0 Å². The Morgan fingerprint density at radius 3 is 2.57 bits per heavy atom. The number of halogens is 1. The second-order valence-electron chi connectivity index (χ2n) is 5.51. The lowest BCUT2D eigenvalue weighted by molar-refractivity contribution is 0.310. The van der Waals surface area contributed by atoms with E-state index in [-0.39, 0.29) is 10.6 Å². The highest BCUT2D eigenvalue weighted by atomic mass is 32.2. The number of likely N-dealkylation sites (N-methyl/N-ethyl adjacent to an activating group) is 1. The van der Waals surface area contributed by atoms with Crippen LogP contribution in [0, 0.1) is 12.7 Å². The van der Waals surface area contributed by atoms with Crippen LogP contribution in [0.5, 0.6) is 0 Å². The third-order valence-electron chi connectivity index (χ3n) is 3.91. The molecule has 1 heterocycles. The van der Waals surface area contributed by atoms with Gasteiger partial charge in [0.25, 0.3) is 0 Å². The van der Waals surface area contributed by atoms with Crippen molar-refractivity contribution in [2.75, 3.05) is 39.0 Å². The maximum Gasteiger partial charge on any atom is 0.243 e. The van der Waals surface area contributed by atoms with Gasteiger partial charge >= 0.3 is 0 Å². The van der Waals surface area contributed by atoms with Gasteiger partial charge in [0.2, 0.25) is 10.0 Å². The molecule has 5 nitrogen and oxygen atoms in total. The lowest BCUT2D eigenvalue weighted by Crippen LogP contribution is -2.35. The molecule has 7 heteroatoms. The minimum atomic E-state index is -3.64. The van der Waals surface area contributed by atoms with Crippen LogP contribution in [0.15, 0.2) is 17.0 Å².